The monoisotopic (exact) mass is 337 g/mol. The molecule has 0 aliphatic heterocycles. The Bertz CT molecular complexity index is 661. The Kier molecular flexibility index (Phi) is 4.29. The van der Waals surface area contributed by atoms with Crippen molar-refractivity contribution in [2.45, 2.75) is 20.3 Å². The van der Waals surface area contributed by atoms with Crippen molar-refractivity contribution in [1.29, 1.82) is 0 Å². The van der Waals surface area contributed by atoms with Crippen LogP contribution in [0.3, 0.4) is 0 Å². The van der Waals surface area contributed by atoms with Crippen molar-refractivity contribution >= 4 is 21.6 Å². The van der Waals surface area contributed by atoms with Crippen LogP contribution in [-0.2, 0) is 6.42 Å². The lowest BCUT2D eigenvalue weighted by molar-refractivity contribution is -0.386. The summed E-state index contributed by atoms with van der Waals surface area (Å²) in [6.45, 7) is 3.82. The van der Waals surface area contributed by atoms with Crippen LogP contribution in [0.2, 0.25) is 0 Å². The molecule has 0 radical (unpaired) electrons. The van der Waals surface area contributed by atoms with E-state index in [4.69, 9.17) is 4.74 Å². The van der Waals surface area contributed by atoms with Gasteiger partial charge in [-0.15, -0.1) is 0 Å². The molecule has 0 saturated carbocycles. The molecule has 7 heteroatoms. The lowest BCUT2D eigenvalue weighted by atomic mass is 10.2. The molecule has 0 N–H and O–H groups in total. The average Bonchev–Trinajstić information content (AvgIpc) is 2.42. The summed E-state index contributed by atoms with van der Waals surface area (Å²) in [6, 6.07) is 4.89. The van der Waals surface area contributed by atoms with Gasteiger partial charge in [-0.2, -0.15) is 0 Å². The van der Waals surface area contributed by atoms with Gasteiger partial charge in [0.05, 0.1) is 10.6 Å². The first-order valence-electron chi connectivity index (χ1n) is 5.95. The summed E-state index contributed by atoms with van der Waals surface area (Å²) in [5.74, 6) is 0.439. The number of rotatable bonds is 4. The molecule has 20 heavy (non-hydrogen) atoms. The van der Waals surface area contributed by atoms with Gasteiger partial charge in [-0.05, 0) is 41.4 Å². The van der Waals surface area contributed by atoms with Gasteiger partial charge in [0.1, 0.15) is 0 Å². The summed E-state index contributed by atoms with van der Waals surface area (Å²) >= 11 is 3.15. The SMILES string of the molecule is CCc1nc(C)ccc1Oc1ncc(Br)cc1[N+](=O)[O-]. The summed E-state index contributed by atoms with van der Waals surface area (Å²) in [6.07, 6.45) is 2.12. The van der Waals surface area contributed by atoms with Crippen molar-refractivity contribution in [3.05, 3.63) is 50.4 Å². The number of pyridine rings is 2. The average molecular weight is 338 g/mol. The molecule has 2 aromatic rings. The molecule has 0 atom stereocenters. The van der Waals surface area contributed by atoms with Gasteiger partial charge >= 0.3 is 5.69 Å². The van der Waals surface area contributed by atoms with Crippen molar-refractivity contribution in [2.75, 3.05) is 0 Å². The van der Waals surface area contributed by atoms with Gasteiger partial charge in [-0.3, -0.25) is 15.1 Å². The molecule has 0 aromatic carbocycles. The molecule has 104 valence electrons. The number of aryl methyl sites for hydroxylation is 2. The molecule has 6 nitrogen and oxygen atoms in total. The van der Waals surface area contributed by atoms with Crippen LogP contribution in [0.4, 0.5) is 5.69 Å². The van der Waals surface area contributed by atoms with Crippen LogP contribution < -0.4 is 4.74 Å². The number of halogens is 1. The Balaban J connectivity index is 2.42. The molecule has 2 aromatic heterocycles. The van der Waals surface area contributed by atoms with Crippen LogP contribution in [-0.4, -0.2) is 14.9 Å². The minimum Gasteiger partial charge on any atom is -0.432 e. The largest absolute Gasteiger partial charge is 0.432 e. The first kappa shape index (κ1) is 14.4. The first-order valence-corrected chi connectivity index (χ1v) is 6.75. The van der Waals surface area contributed by atoms with Gasteiger partial charge in [0.2, 0.25) is 0 Å². The normalized spacial score (nSPS) is 10.3. The third-order valence-corrected chi connectivity index (χ3v) is 3.04. The zero-order valence-electron chi connectivity index (χ0n) is 11.0. The van der Waals surface area contributed by atoms with Crippen molar-refractivity contribution < 1.29 is 9.66 Å². The number of ether oxygens (including phenoxy) is 1. The topological polar surface area (TPSA) is 78.2 Å². The molecule has 2 rings (SSSR count). The number of nitro groups is 1. The summed E-state index contributed by atoms with van der Waals surface area (Å²) in [5.41, 5.74) is 1.42. The first-order chi connectivity index (χ1) is 9.51. The molecule has 0 amide bonds. The second-order valence-electron chi connectivity index (χ2n) is 4.09. The predicted octanol–water partition coefficient (Wildman–Crippen LogP) is 3.81. The van der Waals surface area contributed by atoms with E-state index in [-0.39, 0.29) is 11.6 Å². The van der Waals surface area contributed by atoms with Crippen LogP contribution in [0.25, 0.3) is 0 Å². The standard InChI is InChI=1S/C13H12BrN3O3/c1-3-10-12(5-4-8(2)16-10)20-13-11(17(18)19)6-9(14)7-15-13/h4-7H,3H2,1-2H3. The minimum absolute atomic E-state index is 0.0430. The Labute approximate surface area is 124 Å². The lowest BCUT2D eigenvalue weighted by Gasteiger charge is -2.09. The highest BCUT2D eigenvalue weighted by Gasteiger charge is 2.19. The van der Waals surface area contributed by atoms with Gasteiger partial charge in [-0.1, -0.05) is 6.92 Å². The van der Waals surface area contributed by atoms with Gasteiger partial charge in [0, 0.05) is 22.4 Å². The van der Waals surface area contributed by atoms with Crippen LogP contribution in [0.1, 0.15) is 18.3 Å². The van der Waals surface area contributed by atoms with E-state index in [1.807, 2.05) is 13.8 Å². The smallest absolute Gasteiger partial charge is 0.332 e. The van der Waals surface area contributed by atoms with E-state index < -0.39 is 4.92 Å². The van der Waals surface area contributed by atoms with E-state index in [1.54, 1.807) is 12.1 Å². The van der Waals surface area contributed by atoms with Crippen molar-refractivity contribution in [2.24, 2.45) is 0 Å². The van der Waals surface area contributed by atoms with Crippen molar-refractivity contribution in [1.82, 2.24) is 9.97 Å². The molecular formula is C13H12BrN3O3. The number of hydrogen-bond acceptors (Lipinski definition) is 5. The van der Waals surface area contributed by atoms with Crippen LogP contribution in [0.5, 0.6) is 11.6 Å². The second kappa shape index (κ2) is 5.96. The fourth-order valence-corrected chi connectivity index (χ4v) is 1.99. The number of nitrogens with zero attached hydrogens (tertiary/aromatic N) is 3. The number of hydrogen-bond donors (Lipinski definition) is 0. The summed E-state index contributed by atoms with van der Waals surface area (Å²) in [5, 5.41) is 11.0. The van der Waals surface area contributed by atoms with E-state index >= 15 is 0 Å². The fourth-order valence-electron chi connectivity index (χ4n) is 1.67. The summed E-state index contributed by atoms with van der Waals surface area (Å²) in [4.78, 5) is 18.8. The van der Waals surface area contributed by atoms with Gasteiger partial charge in [0.15, 0.2) is 5.75 Å². The molecule has 2 heterocycles. The van der Waals surface area contributed by atoms with Gasteiger partial charge in [-0.25, -0.2) is 4.98 Å². The fraction of sp³-hybridized carbons (Fsp3) is 0.231. The maximum absolute atomic E-state index is 11.0. The van der Waals surface area contributed by atoms with E-state index in [2.05, 4.69) is 25.9 Å². The highest BCUT2D eigenvalue weighted by molar-refractivity contribution is 9.10. The Morgan fingerprint density at radius 1 is 1.45 bits per heavy atom. The molecule has 0 aliphatic carbocycles. The minimum atomic E-state index is -0.527. The Hall–Kier alpha value is -2.02. The number of aromatic nitrogens is 2. The molecule has 0 saturated heterocycles. The summed E-state index contributed by atoms with van der Waals surface area (Å²) in [7, 11) is 0. The molecule has 0 fully saturated rings. The Morgan fingerprint density at radius 2 is 2.20 bits per heavy atom. The maximum Gasteiger partial charge on any atom is 0.332 e. The molecule has 0 spiro atoms. The van der Waals surface area contributed by atoms with Crippen LogP contribution in [0.15, 0.2) is 28.9 Å². The third-order valence-electron chi connectivity index (χ3n) is 2.61. The highest BCUT2D eigenvalue weighted by Crippen LogP contribution is 2.32. The van der Waals surface area contributed by atoms with E-state index in [0.29, 0.717) is 16.6 Å². The Morgan fingerprint density at radius 3 is 2.85 bits per heavy atom. The van der Waals surface area contributed by atoms with Gasteiger partial charge in [0.25, 0.3) is 5.88 Å². The molecule has 0 bridgehead atoms. The lowest BCUT2D eigenvalue weighted by Crippen LogP contribution is -2.00. The zero-order chi connectivity index (χ0) is 14.7. The van der Waals surface area contributed by atoms with Gasteiger partial charge < -0.3 is 4.74 Å². The molecular weight excluding hydrogens is 326 g/mol. The zero-order valence-corrected chi connectivity index (χ0v) is 12.5. The van der Waals surface area contributed by atoms with Crippen LogP contribution >= 0.6 is 15.9 Å². The highest BCUT2D eigenvalue weighted by atomic mass is 79.9. The van der Waals surface area contributed by atoms with Crippen LogP contribution in [0, 0.1) is 17.0 Å². The third kappa shape index (κ3) is 3.11. The van der Waals surface area contributed by atoms with E-state index in [0.717, 1.165) is 11.4 Å². The van der Waals surface area contributed by atoms with E-state index in [1.165, 1.54) is 12.3 Å². The predicted molar refractivity (Wildman–Crippen MR) is 77.0 cm³/mol. The van der Waals surface area contributed by atoms with Crippen molar-refractivity contribution in [3.8, 4) is 11.6 Å². The van der Waals surface area contributed by atoms with Crippen molar-refractivity contribution in [3.63, 3.8) is 0 Å². The van der Waals surface area contributed by atoms with E-state index in [9.17, 15) is 10.1 Å². The molecule has 0 unspecified atom stereocenters. The maximum atomic E-state index is 11.0. The summed E-state index contributed by atoms with van der Waals surface area (Å²) < 4.78 is 6.09. The molecule has 0 aliphatic rings. The quantitative estimate of drug-likeness (QED) is 0.626. The second-order valence-corrected chi connectivity index (χ2v) is 5.00.